The van der Waals surface area contributed by atoms with Crippen molar-refractivity contribution in [1.82, 2.24) is 4.98 Å². The van der Waals surface area contributed by atoms with Crippen molar-refractivity contribution >= 4 is 10.9 Å². The lowest BCUT2D eigenvalue weighted by Gasteiger charge is -2.04. The van der Waals surface area contributed by atoms with Gasteiger partial charge in [-0.3, -0.25) is 0 Å². The monoisotopic (exact) mass is 228 g/mol. The van der Waals surface area contributed by atoms with Crippen molar-refractivity contribution in [3.8, 4) is 11.5 Å². The summed E-state index contributed by atoms with van der Waals surface area (Å²) in [5.74, 6) is -4.29. The topological polar surface area (TPSA) is 82.3 Å². The maximum Gasteiger partial charge on any atom is 0.199 e. The predicted molar refractivity (Wildman–Crippen MR) is 54.3 cm³/mol. The van der Waals surface area contributed by atoms with Gasteiger partial charge in [0.2, 0.25) is 0 Å². The summed E-state index contributed by atoms with van der Waals surface area (Å²) in [7, 11) is 0. The van der Waals surface area contributed by atoms with Crippen LogP contribution in [0.25, 0.3) is 10.9 Å². The van der Waals surface area contributed by atoms with Crippen molar-refractivity contribution in [2.45, 2.75) is 6.42 Å². The minimum Gasteiger partial charge on any atom is -0.502 e. The molecular formula is C10H10F2N2O2. The van der Waals surface area contributed by atoms with E-state index in [9.17, 15) is 13.9 Å². The molecule has 0 radical (unpaired) electrons. The number of nitrogens with one attached hydrogen (secondary N) is 1. The smallest absolute Gasteiger partial charge is 0.199 e. The van der Waals surface area contributed by atoms with Crippen molar-refractivity contribution in [1.29, 1.82) is 0 Å². The first kappa shape index (κ1) is 10.7. The van der Waals surface area contributed by atoms with E-state index in [0.29, 0.717) is 12.0 Å². The van der Waals surface area contributed by atoms with Crippen molar-refractivity contribution in [3.05, 3.63) is 23.4 Å². The number of fused-ring (bicyclic) bond motifs is 1. The van der Waals surface area contributed by atoms with Crippen LogP contribution in [-0.2, 0) is 6.42 Å². The van der Waals surface area contributed by atoms with E-state index in [0.717, 1.165) is 0 Å². The molecular weight excluding hydrogens is 218 g/mol. The van der Waals surface area contributed by atoms with Crippen molar-refractivity contribution < 1.29 is 19.0 Å². The number of hydrogen-bond acceptors (Lipinski definition) is 3. The molecule has 0 atom stereocenters. The Morgan fingerprint density at radius 3 is 2.44 bits per heavy atom. The Bertz CT molecular complexity index is 551. The first-order chi connectivity index (χ1) is 7.57. The molecule has 4 nitrogen and oxygen atoms in total. The predicted octanol–water partition coefficient (Wildman–Crippen LogP) is 1.36. The number of H-pyrrole nitrogens is 1. The highest BCUT2D eigenvalue weighted by atomic mass is 19.1. The molecule has 1 heterocycles. The van der Waals surface area contributed by atoms with Crippen molar-refractivity contribution in [2.75, 3.05) is 6.54 Å². The molecule has 0 saturated heterocycles. The molecule has 0 aliphatic carbocycles. The van der Waals surface area contributed by atoms with Crippen LogP contribution in [0.4, 0.5) is 8.78 Å². The summed E-state index contributed by atoms with van der Waals surface area (Å²) in [6, 6.07) is 0. The van der Waals surface area contributed by atoms with E-state index in [-0.39, 0.29) is 17.4 Å². The number of phenolic OH excluding ortho intramolecular Hbond substituents is 2. The van der Waals surface area contributed by atoms with Crippen LogP contribution < -0.4 is 5.73 Å². The Morgan fingerprint density at radius 2 is 1.81 bits per heavy atom. The van der Waals surface area contributed by atoms with Crippen LogP contribution >= 0.6 is 0 Å². The molecule has 0 aliphatic heterocycles. The molecule has 6 heteroatoms. The first-order valence-corrected chi connectivity index (χ1v) is 4.66. The molecule has 1 aromatic carbocycles. The third kappa shape index (κ3) is 1.30. The SMILES string of the molecule is NCCc1c[nH]c2c(F)c(O)c(O)c(F)c12. The van der Waals surface area contributed by atoms with Crippen LogP contribution in [0.1, 0.15) is 5.56 Å². The third-order valence-electron chi connectivity index (χ3n) is 2.45. The van der Waals surface area contributed by atoms with Crippen LogP contribution in [-0.4, -0.2) is 21.7 Å². The van der Waals surface area contributed by atoms with Crippen LogP contribution in [0, 0.1) is 11.6 Å². The molecule has 0 saturated carbocycles. The maximum atomic E-state index is 13.6. The molecule has 86 valence electrons. The highest BCUT2D eigenvalue weighted by molar-refractivity contribution is 5.88. The number of nitrogens with two attached hydrogens (primary N) is 1. The zero-order valence-corrected chi connectivity index (χ0v) is 8.22. The molecule has 0 fully saturated rings. The highest BCUT2D eigenvalue weighted by Gasteiger charge is 2.22. The standard InChI is InChI=1S/C10H10F2N2O2/c11-6-5-4(1-2-13)3-14-8(5)7(12)10(16)9(6)15/h3,14-16H,1-2,13H2. The quantitative estimate of drug-likeness (QED) is 0.586. The molecule has 2 aromatic rings. The Labute approximate surface area is 89.3 Å². The Kier molecular flexibility index (Phi) is 2.43. The second-order valence-corrected chi connectivity index (χ2v) is 3.43. The Balaban J connectivity index is 2.83. The van der Waals surface area contributed by atoms with Gasteiger partial charge in [0.15, 0.2) is 23.1 Å². The summed E-state index contributed by atoms with van der Waals surface area (Å²) < 4.78 is 27.1. The van der Waals surface area contributed by atoms with E-state index in [4.69, 9.17) is 10.8 Å². The van der Waals surface area contributed by atoms with E-state index in [1.54, 1.807) is 0 Å². The van der Waals surface area contributed by atoms with Gasteiger partial charge in [-0.15, -0.1) is 0 Å². The van der Waals surface area contributed by atoms with Gasteiger partial charge >= 0.3 is 0 Å². The van der Waals surface area contributed by atoms with Crippen LogP contribution in [0.5, 0.6) is 11.5 Å². The number of aromatic amines is 1. The van der Waals surface area contributed by atoms with E-state index >= 15 is 0 Å². The van der Waals surface area contributed by atoms with Crippen LogP contribution in [0.15, 0.2) is 6.20 Å². The normalized spacial score (nSPS) is 11.2. The number of aromatic hydroxyl groups is 2. The van der Waals surface area contributed by atoms with E-state index in [1.807, 2.05) is 0 Å². The maximum absolute atomic E-state index is 13.6. The molecule has 2 rings (SSSR count). The minimum atomic E-state index is -1.09. The van der Waals surface area contributed by atoms with Gasteiger partial charge in [0.1, 0.15) is 0 Å². The second-order valence-electron chi connectivity index (χ2n) is 3.43. The van der Waals surface area contributed by atoms with E-state index in [1.165, 1.54) is 6.20 Å². The molecule has 0 spiro atoms. The molecule has 0 aliphatic rings. The summed E-state index contributed by atoms with van der Waals surface area (Å²) in [6.45, 7) is 0.273. The number of halogens is 2. The first-order valence-electron chi connectivity index (χ1n) is 4.66. The minimum absolute atomic E-state index is 0.0711. The van der Waals surface area contributed by atoms with Crippen LogP contribution in [0.2, 0.25) is 0 Å². The highest BCUT2D eigenvalue weighted by Crippen LogP contribution is 2.38. The van der Waals surface area contributed by atoms with Gasteiger partial charge in [0, 0.05) is 11.6 Å². The zero-order chi connectivity index (χ0) is 11.9. The summed E-state index contributed by atoms with van der Waals surface area (Å²) >= 11 is 0. The fraction of sp³-hybridized carbons (Fsp3) is 0.200. The molecule has 5 N–H and O–H groups in total. The summed E-state index contributed by atoms with van der Waals surface area (Å²) in [4.78, 5) is 2.51. The average molecular weight is 228 g/mol. The number of aromatic nitrogens is 1. The van der Waals surface area contributed by atoms with Gasteiger partial charge in [-0.05, 0) is 18.5 Å². The summed E-state index contributed by atoms with van der Waals surface area (Å²) in [6.07, 6.45) is 1.75. The lowest BCUT2D eigenvalue weighted by Crippen LogP contribution is -2.02. The summed E-state index contributed by atoms with van der Waals surface area (Å²) in [5.41, 5.74) is 5.62. The Morgan fingerprint density at radius 1 is 1.19 bits per heavy atom. The lowest BCUT2D eigenvalue weighted by molar-refractivity contribution is 0.363. The van der Waals surface area contributed by atoms with Gasteiger partial charge in [0.05, 0.1) is 5.52 Å². The molecule has 0 bridgehead atoms. The molecule has 16 heavy (non-hydrogen) atoms. The van der Waals surface area contributed by atoms with Gasteiger partial charge in [0.25, 0.3) is 0 Å². The van der Waals surface area contributed by atoms with Crippen molar-refractivity contribution in [2.24, 2.45) is 5.73 Å². The molecule has 0 unspecified atom stereocenters. The third-order valence-corrected chi connectivity index (χ3v) is 2.45. The van der Waals surface area contributed by atoms with Gasteiger partial charge in [-0.25, -0.2) is 8.78 Å². The number of benzene rings is 1. The molecule has 0 amide bonds. The van der Waals surface area contributed by atoms with Crippen LogP contribution in [0.3, 0.4) is 0 Å². The zero-order valence-electron chi connectivity index (χ0n) is 8.22. The lowest BCUT2D eigenvalue weighted by atomic mass is 10.1. The Hall–Kier alpha value is -1.82. The number of phenols is 2. The fourth-order valence-electron chi connectivity index (χ4n) is 1.69. The van der Waals surface area contributed by atoms with Gasteiger partial charge in [-0.2, -0.15) is 0 Å². The second kappa shape index (κ2) is 3.64. The number of rotatable bonds is 2. The summed E-state index contributed by atoms with van der Waals surface area (Å²) in [5, 5.41) is 18.2. The molecule has 1 aromatic heterocycles. The fourth-order valence-corrected chi connectivity index (χ4v) is 1.69. The average Bonchev–Trinajstić information content (AvgIpc) is 2.68. The largest absolute Gasteiger partial charge is 0.502 e. The van der Waals surface area contributed by atoms with Crippen molar-refractivity contribution in [3.63, 3.8) is 0 Å². The number of hydrogen-bond donors (Lipinski definition) is 4. The van der Waals surface area contributed by atoms with Gasteiger partial charge in [-0.1, -0.05) is 0 Å². The van der Waals surface area contributed by atoms with E-state index < -0.39 is 23.1 Å². The van der Waals surface area contributed by atoms with Gasteiger partial charge < -0.3 is 20.9 Å². The van der Waals surface area contributed by atoms with E-state index in [2.05, 4.69) is 4.98 Å².